The Morgan fingerprint density at radius 3 is 2.56 bits per heavy atom. The lowest BCUT2D eigenvalue weighted by molar-refractivity contribution is -0.139. The monoisotopic (exact) mass is 349 g/mol. The van der Waals surface area contributed by atoms with Gasteiger partial charge >= 0.3 is 12.1 Å². The zero-order valence-electron chi connectivity index (χ0n) is 15.3. The van der Waals surface area contributed by atoms with Crippen LogP contribution in [0.1, 0.15) is 38.8 Å². The largest absolute Gasteiger partial charge is 0.489 e. The molecule has 0 saturated heterocycles. The Kier molecular flexibility index (Phi) is 7.48. The second-order valence-corrected chi connectivity index (χ2v) is 6.64. The molecule has 0 aliphatic carbocycles. The molecule has 1 aromatic carbocycles. The maximum atomic E-state index is 11.8. The van der Waals surface area contributed by atoms with Crippen molar-refractivity contribution < 1.29 is 24.2 Å². The maximum absolute atomic E-state index is 11.8. The maximum Gasteiger partial charge on any atom is 0.408 e. The molecule has 0 heterocycles. The van der Waals surface area contributed by atoms with Crippen LogP contribution in [0.3, 0.4) is 0 Å². The Morgan fingerprint density at radius 2 is 2.04 bits per heavy atom. The number of aliphatic carboxylic acids is 1. The van der Waals surface area contributed by atoms with Gasteiger partial charge in [0.25, 0.3) is 0 Å². The van der Waals surface area contributed by atoms with E-state index in [-0.39, 0.29) is 6.42 Å². The highest BCUT2D eigenvalue weighted by Gasteiger charge is 2.24. The minimum absolute atomic E-state index is 0.156. The zero-order valence-corrected chi connectivity index (χ0v) is 15.3. The number of aryl methyl sites for hydroxylation is 1. The van der Waals surface area contributed by atoms with Crippen molar-refractivity contribution in [1.29, 1.82) is 0 Å². The third-order valence-electron chi connectivity index (χ3n) is 3.29. The number of carbonyl (C=O) groups is 2. The number of rotatable bonds is 8. The highest BCUT2D eigenvalue weighted by molar-refractivity contribution is 5.80. The molecule has 6 heteroatoms. The van der Waals surface area contributed by atoms with Crippen molar-refractivity contribution >= 4 is 12.1 Å². The summed E-state index contributed by atoms with van der Waals surface area (Å²) in [6.07, 6.45) is 1.82. The summed E-state index contributed by atoms with van der Waals surface area (Å²) in [6.45, 7) is 11.2. The van der Waals surface area contributed by atoms with Crippen molar-refractivity contribution in [2.24, 2.45) is 0 Å². The summed E-state index contributed by atoms with van der Waals surface area (Å²) < 4.78 is 10.7. The SMILES string of the molecule is C=CCOc1ccc(CC(NC(=O)OC(C)(C)C)C(=O)O)cc1CC. The van der Waals surface area contributed by atoms with Gasteiger partial charge in [-0.2, -0.15) is 0 Å². The number of nitrogens with one attached hydrogen (secondary N) is 1. The predicted molar refractivity (Wildman–Crippen MR) is 96.0 cm³/mol. The number of amides is 1. The molecule has 0 fully saturated rings. The van der Waals surface area contributed by atoms with Crippen molar-refractivity contribution in [3.63, 3.8) is 0 Å². The van der Waals surface area contributed by atoms with Crippen molar-refractivity contribution in [1.82, 2.24) is 5.32 Å². The number of hydrogen-bond donors (Lipinski definition) is 2. The van der Waals surface area contributed by atoms with E-state index in [1.807, 2.05) is 19.1 Å². The van der Waals surface area contributed by atoms with E-state index in [0.717, 1.165) is 23.3 Å². The summed E-state index contributed by atoms with van der Waals surface area (Å²) in [7, 11) is 0. The van der Waals surface area contributed by atoms with E-state index in [1.165, 1.54) is 0 Å². The molecule has 0 aliphatic heterocycles. The smallest absolute Gasteiger partial charge is 0.408 e. The average Bonchev–Trinajstić information content (AvgIpc) is 2.50. The first-order valence-electron chi connectivity index (χ1n) is 8.24. The summed E-state index contributed by atoms with van der Waals surface area (Å²) in [5.74, 6) is -0.367. The summed E-state index contributed by atoms with van der Waals surface area (Å²) in [5, 5.41) is 11.8. The second kappa shape index (κ2) is 9.11. The highest BCUT2D eigenvalue weighted by atomic mass is 16.6. The topological polar surface area (TPSA) is 84.9 Å². The van der Waals surface area contributed by atoms with Crippen LogP contribution in [0.5, 0.6) is 5.75 Å². The summed E-state index contributed by atoms with van der Waals surface area (Å²) in [6, 6.07) is 4.43. The third-order valence-corrected chi connectivity index (χ3v) is 3.29. The molecule has 1 rings (SSSR count). The molecular formula is C19H27NO5. The molecule has 0 saturated carbocycles. The van der Waals surface area contributed by atoms with Crippen LogP contribution in [0.15, 0.2) is 30.9 Å². The van der Waals surface area contributed by atoms with Crippen LogP contribution in [0.2, 0.25) is 0 Å². The number of carboxylic acid groups (broad SMARTS) is 1. The van der Waals surface area contributed by atoms with Gasteiger partial charge in [0.1, 0.15) is 24.0 Å². The molecular weight excluding hydrogens is 322 g/mol. The van der Waals surface area contributed by atoms with Gasteiger partial charge in [-0.3, -0.25) is 0 Å². The van der Waals surface area contributed by atoms with Gasteiger partial charge in [0.05, 0.1) is 0 Å². The van der Waals surface area contributed by atoms with E-state index in [9.17, 15) is 14.7 Å². The van der Waals surface area contributed by atoms with E-state index in [0.29, 0.717) is 6.61 Å². The lowest BCUT2D eigenvalue weighted by Gasteiger charge is -2.22. The van der Waals surface area contributed by atoms with E-state index in [1.54, 1.807) is 32.9 Å². The molecule has 138 valence electrons. The number of carboxylic acids is 1. The lowest BCUT2D eigenvalue weighted by Crippen LogP contribution is -2.44. The Hall–Kier alpha value is -2.50. The molecule has 1 atom stereocenters. The molecule has 25 heavy (non-hydrogen) atoms. The van der Waals surface area contributed by atoms with Crippen LogP contribution in [-0.4, -0.2) is 35.4 Å². The Bertz CT molecular complexity index is 619. The second-order valence-electron chi connectivity index (χ2n) is 6.64. The summed E-state index contributed by atoms with van der Waals surface area (Å²) in [4.78, 5) is 23.3. The van der Waals surface area contributed by atoms with Gasteiger partial charge in [0, 0.05) is 6.42 Å². The predicted octanol–water partition coefficient (Wildman–Crippen LogP) is 3.33. The Balaban J connectivity index is 2.86. The Labute approximate surface area is 148 Å². The number of benzene rings is 1. The molecule has 0 aromatic heterocycles. The molecule has 0 aliphatic rings. The van der Waals surface area contributed by atoms with E-state index >= 15 is 0 Å². The molecule has 1 amide bonds. The fourth-order valence-electron chi connectivity index (χ4n) is 2.21. The first-order chi connectivity index (χ1) is 11.7. The minimum Gasteiger partial charge on any atom is -0.489 e. The van der Waals surface area contributed by atoms with Crippen molar-refractivity contribution in [2.45, 2.75) is 52.2 Å². The van der Waals surface area contributed by atoms with E-state index in [2.05, 4.69) is 11.9 Å². The molecule has 2 N–H and O–H groups in total. The molecule has 1 aromatic rings. The molecule has 0 radical (unpaired) electrons. The highest BCUT2D eigenvalue weighted by Crippen LogP contribution is 2.22. The summed E-state index contributed by atoms with van der Waals surface area (Å²) in [5.41, 5.74) is 1.08. The first-order valence-corrected chi connectivity index (χ1v) is 8.24. The van der Waals surface area contributed by atoms with Gasteiger partial charge in [-0.05, 0) is 44.4 Å². The molecule has 0 bridgehead atoms. The molecule has 6 nitrogen and oxygen atoms in total. The van der Waals surface area contributed by atoms with Gasteiger partial charge in [-0.25, -0.2) is 9.59 Å². The van der Waals surface area contributed by atoms with E-state index < -0.39 is 23.7 Å². The van der Waals surface area contributed by atoms with Gasteiger partial charge in [-0.15, -0.1) is 0 Å². The fourth-order valence-corrected chi connectivity index (χ4v) is 2.21. The van der Waals surface area contributed by atoms with Gasteiger partial charge in [0.15, 0.2) is 0 Å². The van der Waals surface area contributed by atoms with E-state index in [4.69, 9.17) is 9.47 Å². The van der Waals surface area contributed by atoms with Gasteiger partial charge < -0.3 is 19.9 Å². The number of alkyl carbamates (subject to hydrolysis) is 1. The fraction of sp³-hybridized carbons (Fsp3) is 0.474. The molecule has 1 unspecified atom stereocenters. The lowest BCUT2D eigenvalue weighted by atomic mass is 10.0. The summed E-state index contributed by atoms with van der Waals surface area (Å²) >= 11 is 0. The molecule has 0 spiro atoms. The van der Waals surface area contributed by atoms with Crippen molar-refractivity contribution in [2.75, 3.05) is 6.61 Å². The van der Waals surface area contributed by atoms with Crippen LogP contribution >= 0.6 is 0 Å². The first kappa shape index (κ1) is 20.5. The Morgan fingerprint density at radius 1 is 1.36 bits per heavy atom. The van der Waals surface area contributed by atoms with Crippen LogP contribution in [0, 0.1) is 0 Å². The standard InChI is InChI=1S/C19H27NO5/c1-6-10-24-16-9-8-13(11-14(16)7-2)12-15(17(21)22)20-18(23)25-19(3,4)5/h6,8-9,11,15H,1,7,10,12H2,2-5H3,(H,20,23)(H,21,22). The third kappa shape index (κ3) is 7.28. The average molecular weight is 349 g/mol. The van der Waals surface area contributed by atoms with Crippen molar-refractivity contribution in [3.05, 3.63) is 42.0 Å². The zero-order chi connectivity index (χ0) is 19.0. The quantitative estimate of drug-likeness (QED) is 0.703. The van der Waals surface area contributed by atoms with Crippen molar-refractivity contribution in [3.8, 4) is 5.75 Å². The van der Waals surface area contributed by atoms with Crippen LogP contribution in [0.4, 0.5) is 4.79 Å². The number of ether oxygens (including phenoxy) is 2. The van der Waals surface area contributed by atoms with Gasteiger partial charge in [-0.1, -0.05) is 31.7 Å². The van der Waals surface area contributed by atoms with Crippen LogP contribution in [0.25, 0.3) is 0 Å². The normalized spacial score (nSPS) is 12.2. The minimum atomic E-state index is -1.11. The van der Waals surface area contributed by atoms with Crippen LogP contribution < -0.4 is 10.1 Å². The van der Waals surface area contributed by atoms with Gasteiger partial charge in [0.2, 0.25) is 0 Å². The number of carbonyl (C=O) groups excluding carboxylic acids is 1. The van der Waals surface area contributed by atoms with Crippen LogP contribution in [-0.2, 0) is 22.4 Å². The number of hydrogen-bond acceptors (Lipinski definition) is 4.